The van der Waals surface area contributed by atoms with Crippen molar-refractivity contribution in [2.75, 3.05) is 6.54 Å². The zero-order chi connectivity index (χ0) is 12.8. The third-order valence-electron chi connectivity index (χ3n) is 1.88. The quantitative estimate of drug-likeness (QED) is 0.752. The van der Waals surface area contributed by atoms with E-state index in [2.05, 4.69) is 5.32 Å². The number of alkyl halides is 3. The van der Waals surface area contributed by atoms with Crippen LogP contribution in [0.15, 0.2) is 0 Å². The summed E-state index contributed by atoms with van der Waals surface area (Å²) < 4.78 is 37.2. The Morgan fingerprint density at radius 2 is 1.62 bits per heavy atom. The Labute approximate surface area is 91.6 Å². The van der Waals surface area contributed by atoms with Crippen LogP contribution in [0.4, 0.5) is 13.2 Å². The number of carbonyl (C=O) groups excluding carboxylic acids is 2. The van der Waals surface area contributed by atoms with E-state index in [0.29, 0.717) is 0 Å². The van der Waals surface area contributed by atoms with E-state index in [1.807, 2.05) is 5.32 Å². The zero-order valence-corrected chi connectivity index (χ0v) is 9.15. The minimum Gasteiger partial charge on any atom is -0.354 e. The molecule has 0 spiro atoms. The average molecular weight is 240 g/mol. The predicted octanol–water partition coefficient (Wildman–Crippen LogP) is 0.970. The van der Waals surface area contributed by atoms with Crippen LogP contribution >= 0.6 is 0 Å². The fraction of sp³-hybridized carbons (Fsp3) is 0.778. The minimum atomic E-state index is -4.56. The molecule has 1 unspecified atom stereocenters. The van der Waals surface area contributed by atoms with Gasteiger partial charge >= 0.3 is 6.18 Å². The normalized spacial score (nSPS) is 13.1. The fourth-order valence-electron chi connectivity index (χ4n) is 0.886. The number of hydrogen-bond donors (Lipinski definition) is 2. The molecule has 0 heterocycles. The first kappa shape index (κ1) is 14.7. The lowest BCUT2D eigenvalue weighted by Crippen LogP contribution is -2.51. The van der Waals surface area contributed by atoms with Crippen LogP contribution in [0.3, 0.4) is 0 Å². The molecule has 1 atom stereocenters. The highest BCUT2D eigenvalue weighted by Crippen LogP contribution is 2.19. The lowest BCUT2D eigenvalue weighted by molar-refractivity contribution is -0.161. The summed E-state index contributed by atoms with van der Waals surface area (Å²) in [5.74, 6) is -1.19. The van der Waals surface area contributed by atoms with E-state index in [1.54, 1.807) is 0 Å². The second-order valence-corrected chi connectivity index (χ2v) is 3.17. The molecule has 0 aliphatic heterocycles. The van der Waals surface area contributed by atoms with Crippen molar-refractivity contribution in [1.29, 1.82) is 0 Å². The summed E-state index contributed by atoms with van der Waals surface area (Å²) in [5, 5.41) is 3.90. The van der Waals surface area contributed by atoms with Crippen LogP contribution in [0.1, 0.15) is 26.7 Å². The van der Waals surface area contributed by atoms with E-state index < -0.39 is 30.6 Å². The Kier molecular flexibility index (Phi) is 5.84. The summed E-state index contributed by atoms with van der Waals surface area (Å²) in [6.07, 6.45) is -4.49. The highest BCUT2D eigenvalue weighted by molar-refractivity contribution is 5.77. The first-order valence-electron chi connectivity index (χ1n) is 4.94. The Balaban J connectivity index is 4.33. The van der Waals surface area contributed by atoms with Crippen molar-refractivity contribution in [2.24, 2.45) is 0 Å². The molecule has 0 fully saturated rings. The third kappa shape index (κ3) is 5.57. The zero-order valence-electron chi connectivity index (χ0n) is 9.15. The molecular formula is C9H15F3N2O2. The van der Waals surface area contributed by atoms with E-state index in [1.165, 1.54) is 13.8 Å². The van der Waals surface area contributed by atoms with E-state index in [9.17, 15) is 22.8 Å². The van der Waals surface area contributed by atoms with Gasteiger partial charge in [-0.05, 0) is 0 Å². The van der Waals surface area contributed by atoms with E-state index in [0.717, 1.165) is 0 Å². The molecule has 2 amide bonds. The van der Waals surface area contributed by atoms with E-state index in [-0.39, 0.29) is 12.8 Å². The molecule has 4 nitrogen and oxygen atoms in total. The van der Waals surface area contributed by atoms with Gasteiger partial charge in [0, 0.05) is 19.4 Å². The summed E-state index contributed by atoms with van der Waals surface area (Å²) in [5.41, 5.74) is 0. The van der Waals surface area contributed by atoms with Gasteiger partial charge < -0.3 is 10.6 Å². The Morgan fingerprint density at radius 3 is 2.00 bits per heavy atom. The number of rotatable bonds is 5. The summed E-state index contributed by atoms with van der Waals surface area (Å²) in [4.78, 5) is 21.7. The van der Waals surface area contributed by atoms with Crippen LogP contribution in [-0.4, -0.2) is 30.6 Å². The molecule has 0 saturated heterocycles. The summed E-state index contributed by atoms with van der Waals surface area (Å²) in [6, 6.07) is -2.03. The van der Waals surface area contributed by atoms with Crippen LogP contribution in [0, 0.1) is 0 Å². The molecule has 0 aromatic heterocycles. The van der Waals surface area contributed by atoms with Gasteiger partial charge in [-0.2, -0.15) is 13.2 Å². The number of carbonyl (C=O) groups is 2. The molecule has 0 aromatic rings. The van der Waals surface area contributed by atoms with Gasteiger partial charge in [-0.3, -0.25) is 9.59 Å². The lowest BCUT2D eigenvalue weighted by atomic mass is 10.2. The van der Waals surface area contributed by atoms with E-state index >= 15 is 0 Å². The third-order valence-corrected chi connectivity index (χ3v) is 1.88. The monoisotopic (exact) mass is 240 g/mol. The van der Waals surface area contributed by atoms with Crippen molar-refractivity contribution in [3.63, 3.8) is 0 Å². The van der Waals surface area contributed by atoms with Crippen LogP contribution in [0.2, 0.25) is 0 Å². The topological polar surface area (TPSA) is 58.2 Å². The van der Waals surface area contributed by atoms with Crippen molar-refractivity contribution < 1.29 is 22.8 Å². The Bertz CT molecular complexity index is 254. The van der Waals surface area contributed by atoms with Crippen LogP contribution in [0.5, 0.6) is 0 Å². The predicted molar refractivity (Wildman–Crippen MR) is 51.6 cm³/mol. The molecule has 0 aromatic carbocycles. The maximum atomic E-state index is 12.4. The smallest absolute Gasteiger partial charge is 0.354 e. The number of amides is 2. The summed E-state index contributed by atoms with van der Waals surface area (Å²) in [6.45, 7) is 2.35. The van der Waals surface area contributed by atoms with Crippen LogP contribution in [-0.2, 0) is 9.59 Å². The number of nitrogens with one attached hydrogen (secondary N) is 2. The van der Waals surface area contributed by atoms with Crippen molar-refractivity contribution >= 4 is 11.8 Å². The van der Waals surface area contributed by atoms with Gasteiger partial charge in [0.15, 0.2) is 0 Å². The maximum Gasteiger partial charge on any atom is 0.410 e. The minimum absolute atomic E-state index is 0.0334. The average Bonchev–Trinajstić information content (AvgIpc) is 2.21. The molecule has 0 bridgehead atoms. The van der Waals surface area contributed by atoms with Crippen molar-refractivity contribution in [2.45, 2.75) is 38.9 Å². The SMILES string of the molecule is CCC(=O)NCC(NC(=O)CC)C(F)(F)F. The summed E-state index contributed by atoms with van der Waals surface area (Å²) >= 11 is 0. The molecular weight excluding hydrogens is 225 g/mol. The Hall–Kier alpha value is -1.27. The molecule has 16 heavy (non-hydrogen) atoms. The van der Waals surface area contributed by atoms with Crippen molar-refractivity contribution in [3.8, 4) is 0 Å². The molecule has 0 aliphatic carbocycles. The van der Waals surface area contributed by atoms with Gasteiger partial charge in [-0.15, -0.1) is 0 Å². The fourth-order valence-corrected chi connectivity index (χ4v) is 0.886. The van der Waals surface area contributed by atoms with Gasteiger partial charge in [-0.25, -0.2) is 0 Å². The molecule has 94 valence electrons. The highest BCUT2D eigenvalue weighted by atomic mass is 19.4. The second kappa shape index (κ2) is 6.34. The van der Waals surface area contributed by atoms with Gasteiger partial charge in [0.25, 0.3) is 0 Å². The first-order valence-corrected chi connectivity index (χ1v) is 4.94. The van der Waals surface area contributed by atoms with Gasteiger partial charge in [0.05, 0.1) is 0 Å². The Morgan fingerprint density at radius 1 is 1.12 bits per heavy atom. The van der Waals surface area contributed by atoms with Gasteiger partial charge in [0.2, 0.25) is 11.8 Å². The lowest BCUT2D eigenvalue weighted by Gasteiger charge is -2.21. The maximum absolute atomic E-state index is 12.4. The standard InChI is InChI=1S/C9H15F3N2O2/c1-3-7(15)13-5-6(9(10,11)12)14-8(16)4-2/h6H,3-5H2,1-2H3,(H,13,15)(H,14,16). The molecule has 0 radical (unpaired) electrons. The van der Waals surface area contributed by atoms with Crippen molar-refractivity contribution in [1.82, 2.24) is 10.6 Å². The molecule has 0 rings (SSSR count). The van der Waals surface area contributed by atoms with Crippen molar-refractivity contribution in [3.05, 3.63) is 0 Å². The van der Waals surface area contributed by atoms with E-state index in [4.69, 9.17) is 0 Å². The molecule has 2 N–H and O–H groups in total. The number of halogens is 3. The largest absolute Gasteiger partial charge is 0.410 e. The van der Waals surface area contributed by atoms with Crippen LogP contribution < -0.4 is 10.6 Å². The first-order chi connectivity index (χ1) is 7.31. The highest BCUT2D eigenvalue weighted by Gasteiger charge is 2.40. The molecule has 7 heteroatoms. The molecule has 0 aliphatic rings. The summed E-state index contributed by atoms with van der Waals surface area (Å²) in [7, 11) is 0. The van der Waals surface area contributed by atoms with Gasteiger partial charge in [-0.1, -0.05) is 13.8 Å². The molecule has 0 saturated carbocycles. The van der Waals surface area contributed by atoms with Gasteiger partial charge in [0.1, 0.15) is 6.04 Å². The second-order valence-electron chi connectivity index (χ2n) is 3.17. The number of hydrogen-bond acceptors (Lipinski definition) is 2. The van der Waals surface area contributed by atoms with Crippen LogP contribution in [0.25, 0.3) is 0 Å².